The Morgan fingerprint density at radius 3 is 2.20 bits per heavy atom. The number of rotatable bonds is 14. The molecule has 0 spiro atoms. The lowest BCUT2D eigenvalue weighted by Gasteiger charge is -2.35. The summed E-state index contributed by atoms with van der Waals surface area (Å²) in [5.41, 5.74) is 1.16. The largest absolute Gasteiger partial charge is 0.497 e. The van der Waals surface area contributed by atoms with Crippen molar-refractivity contribution < 1.29 is 14.6 Å². The maximum atomic E-state index is 9.24. The van der Waals surface area contributed by atoms with Crippen molar-refractivity contribution in [3.63, 3.8) is 0 Å². The second kappa shape index (κ2) is 12.3. The van der Waals surface area contributed by atoms with Crippen LogP contribution in [0.2, 0.25) is 0 Å². The van der Waals surface area contributed by atoms with Crippen LogP contribution in [0.25, 0.3) is 0 Å². The van der Waals surface area contributed by atoms with E-state index in [4.69, 9.17) is 9.47 Å². The third kappa shape index (κ3) is 7.79. The Morgan fingerprint density at radius 1 is 0.960 bits per heavy atom. The average molecular weight is 351 g/mol. The highest BCUT2D eigenvalue weighted by Crippen LogP contribution is 2.33. The molecule has 0 aliphatic carbocycles. The highest BCUT2D eigenvalue weighted by molar-refractivity contribution is 5.32. The lowest BCUT2D eigenvalue weighted by molar-refractivity contribution is -0.00415. The lowest BCUT2D eigenvalue weighted by atomic mass is 9.77. The number of hydrogen-bond donors (Lipinski definition) is 1. The van der Waals surface area contributed by atoms with Crippen LogP contribution in [0.3, 0.4) is 0 Å². The van der Waals surface area contributed by atoms with Gasteiger partial charge in [-0.05, 0) is 37.0 Å². The maximum absolute atomic E-state index is 9.24. The van der Waals surface area contributed by atoms with E-state index in [0.29, 0.717) is 0 Å². The van der Waals surface area contributed by atoms with Gasteiger partial charge in [-0.3, -0.25) is 0 Å². The molecule has 0 saturated carbocycles. The molecule has 0 amide bonds. The van der Waals surface area contributed by atoms with Gasteiger partial charge in [0.1, 0.15) is 5.75 Å². The molecule has 1 aromatic rings. The predicted octanol–water partition coefficient (Wildman–Crippen LogP) is 5.49. The third-order valence-electron chi connectivity index (χ3n) is 5.08. The second-order valence-electron chi connectivity index (χ2n) is 7.44. The van der Waals surface area contributed by atoms with Crippen molar-refractivity contribution in [2.45, 2.75) is 83.7 Å². The van der Waals surface area contributed by atoms with Crippen LogP contribution < -0.4 is 4.74 Å². The Labute approximate surface area is 154 Å². The van der Waals surface area contributed by atoms with Crippen molar-refractivity contribution >= 4 is 0 Å². The van der Waals surface area contributed by atoms with E-state index in [9.17, 15) is 5.11 Å². The minimum Gasteiger partial charge on any atom is -0.497 e. The van der Waals surface area contributed by atoms with E-state index in [2.05, 4.69) is 32.9 Å². The van der Waals surface area contributed by atoms with E-state index in [1.54, 1.807) is 7.11 Å². The summed E-state index contributed by atoms with van der Waals surface area (Å²) in [4.78, 5) is 0. The quantitative estimate of drug-likeness (QED) is 0.451. The van der Waals surface area contributed by atoms with Crippen molar-refractivity contribution in [1.82, 2.24) is 0 Å². The van der Waals surface area contributed by atoms with Gasteiger partial charge in [-0.1, -0.05) is 65.0 Å². The molecule has 0 bridgehead atoms. The summed E-state index contributed by atoms with van der Waals surface area (Å²) in [5.74, 6) is 0.874. The fourth-order valence-electron chi connectivity index (χ4n) is 3.24. The summed E-state index contributed by atoms with van der Waals surface area (Å²) in [6.07, 6.45) is 9.41. The molecule has 0 heterocycles. The maximum Gasteiger partial charge on any atom is 0.118 e. The fourth-order valence-corrected chi connectivity index (χ4v) is 3.24. The van der Waals surface area contributed by atoms with Crippen molar-refractivity contribution in [2.75, 3.05) is 20.3 Å². The monoisotopic (exact) mass is 350 g/mol. The van der Waals surface area contributed by atoms with Crippen LogP contribution in [0.4, 0.5) is 0 Å². The van der Waals surface area contributed by atoms with Crippen molar-refractivity contribution in [3.8, 4) is 5.75 Å². The SMILES string of the molecule is CCCCCCCCOC(CCCO)C(C)(C)c1ccc(OC)cc1. The summed E-state index contributed by atoms with van der Waals surface area (Å²) in [5, 5.41) is 9.24. The molecule has 1 atom stereocenters. The molecule has 3 nitrogen and oxygen atoms in total. The molecule has 1 rings (SSSR count). The molecule has 3 heteroatoms. The van der Waals surface area contributed by atoms with Gasteiger partial charge < -0.3 is 14.6 Å². The van der Waals surface area contributed by atoms with Crippen LogP contribution in [0, 0.1) is 0 Å². The van der Waals surface area contributed by atoms with Crippen LogP contribution >= 0.6 is 0 Å². The van der Waals surface area contributed by atoms with E-state index in [1.165, 1.54) is 37.7 Å². The first-order valence-electron chi connectivity index (χ1n) is 9.93. The van der Waals surface area contributed by atoms with E-state index in [1.807, 2.05) is 12.1 Å². The fraction of sp³-hybridized carbons (Fsp3) is 0.727. The lowest BCUT2D eigenvalue weighted by Crippen LogP contribution is -2.36. The van der Waals surface area contributed by atoms with Crippen LogP contribution in [-0.2, 0) is 10.2 Å². The highest BCUT2D eigenvalue weighted by atomic mass is 16.5. The molecule has 144 valence electrons. The molecular formula is C22H38O3. The molecule has 1 aromatic carbocycles. The van der Waals surface area contributed by atoms with E-state index < -0.39 is 0 Å². The Balaban J connectivity index is 2.58. The topological polar surface area (TPSA) is 38.7 Å². The van der Waals surface area contributed by atoms with E-state index in [0.717, 1.165) is 31.6 Å². The molecule has 0 saturated heterocycles. The first-order chi connectivity index (χ1) is 12.1. The third-order valence-corrected chi connectivity index (χ3v) is 5.08. The van der Waals surface area contributed by atoms with Gasteiger partial charge in [-0.25, -0.2) is 0 Å². The molecule has 0 fully saturated rings. The summed E-state index contributed by atoms with van der Waals surface area (Å²) in [6.45, 7) is 7.74. The van der Waals surface area contributed by atoms with Gasteiger partial charge in [0.05, 0.1) is 13.2 Å². The minimum absolute atomic E-state index is 0.0936. The van der Waals surface area contributed by atoms with Crippen LogP contribution in [-0.4, -0.2) is 31.5 Å². The number of ether oxygens (including phenoxy) is 2. The Hall–Kier alpha value is -1.06. The van der Waals surface area contributed by atoms with Crippen LogP contribution in [0.1, 0.15) is 77.7 Å². The molecule has 1 unspecified atom stereocenters. The summed E-state index contributed by atoms with van der Waals surface area (Å²) in [7, 11) is 1.69. The van der Waals surface area contributed by atoms with Crippen molar-refractivity contribution in [2.24, 2.45) is 0 Å². The normalized spacial score (nSPS) is 13.0. The van der Waals surface area contributed by atoms with E-state index >= 15 is 0 Å². The van der Waals surface area contributed by atoms with Gasteiger partial charge in [-0.2, -0.15) is 0 Å². The summed E-state index contributed by atoms with van der Waals surface area (Å²) < 4.78 is 11.5. The zero-order chi connectivity index (χ0) is 18.5. The number of aliphatic hydroxyl groups is 1. The molecule has 25 heavy (non-hydrogen) atoms. The Morgan fingerprint density at radius 2 is 1.60 bits per heavy atom. The average Bonchev–Trinajstić information content (AvgIpc) is 2.63. The minimum atomic E-state index is -0.0936. The molecule has 1 N–H and O–H groups in total. The Bertz CT molecular complexity index is 439. The smallest absolute Gasteiger partial charge is 0.118 e. The second-order valence-corrected chi connectivity index (χ2v) is 7.44. The Kier molecular flexibility index (Phi) is 10.8. The zero-order valence-electron chi connectivity index (χ0n) is 16.7. The molecule has 0 aromatic heterocycles. The number of aliphatic hydroxyl groups excluding tert-OH is 1. The molecule has 0 radical (unpaired) electrons. The number of methoxy groups -OCH3 is 1. The number of unbranched alkanes of at least 4 members (excludes halogenated alkanes) is 5. The van der Waals surface area contributed by atoms with Gasteiger partial charge in [-0.15, -0.1) is 0 Å². The first kappa shape index (κ1) is 22.0. The van der Waals surface area contributed by atoms with E-state index in [-0.39, 0.29) is 18.1 Å². The van der Waals surface area contributed by atoms with Gasteiger partial charge in [0.15, 0.2) is 0 Å². The molecule has 0 aliphatic heterocycles. The number of hydrogen-bond acceptors (Lipinski definition) is 3. The summed E-state index contributed by atoms with van der Waals surface area (Å²) >= 11 is 0. The van der Waals surface area contributed by atoms with Gasteiger partial charge in [0.25, 0.3) is 0 Å². The van der Waals surface area contributed by atoms with Gasteiger partial charge >= 0.3 is 0 Å². The van der Waals surface area contributed by atoms with Crippen molar-refractivity contribution in [1.29, 1.82) is 0 Å². The predicted molar refractivity (Wildman–Crippen MR) is 105 cm³/mol. The molecule has 0 aliphatic rings. The van der Waals surface area contributed by atoms with Gasteiger partial charge in [0, 0.05) is 18.6 Å². The zero-order valence-corrected chi connectivity index (χ0v) is 16.7. The van der Waals surface area contributed by atoms with Crippen LogP contribution in [0.5, 0.6) is 5.75 Å². The first-order valence-corrected chi connectivity index (χ1v) is 9.93. The summed E-state index contributed by atoms with van der Waals surface area (Å²) in [6, 6.07) is 8.26. The van der Waals surface area contributed by atoms with Gasteiger partial charge in [0.2, 0.25) is 0 Å². The highest BCUT2D eigenvalue weighted by Gasteiger charge is 2.31. The standard InChI is InChI=1S/C22H38O3/c1-5-6-7-8-9-10-18-25-21(12-11-17-23)22(2,3)19-13-15-20(24-4)16-14-19/h13-16,21,23H,5-12,17-18H2,1-4H3. The number of benzene rings is 1. The van der Waals surface area contributed by atoms with Crippen molar-refractivity contribution in [3.05, 3.63) is 29.8 Å². The van der Waals surface area contributed by atoms with Crippen LogP contribution in [0.15, 0.2) is 24.3 Å². The molecular weight excluding hydrogens is 312 g/mol.